The summed E-state index contributed by atoms with van der Waals surface area (Å²) < 4.78 is 0. The van der Waals surface area contributed by atoms with E-state index in [-0.39, 0.29) is 40.9 Å². The Kier molecular flexibility index (Phi) is 4.18. The van der Waals surface area contributed by atoms with E-state index < -0.39 is 5.97 Å². The van der Waals surface area contributed by atoms with Crippen LogP contribution in [0.5, 0.6) is 5.75 Å². The molecule has 0 fully saturated rings. The summed E-state index contributed by atoms with van der Waals surface area (Å²) in [6, 6.07) is 5.33. The van der Waals surface area contributed by atoms with Crippen LogP contribution in [0, 0.1) is 0 Å². The number of phenols is 1. The molecule has 1 N–H and O–H groups in total. The van der Waals surface area contributed by atoms with Gasteiger partial charge in [0.15, 0.2) is 0 Å². The monoisotopic (exact) mass is 160 g/mol. The maximum Gasteiger partial charge on any atom is 1.00 e. The van der Waals surface area contributed by atoms with Gasteiger partial charge in [-0.1, -0.05) is 12.1 Å². The van der Waals surface area contributed by atoms with Crippen molar-refractivity contribution in [2.75, 3.05) is 0 Å². The average molecular weight is 160 g/mol. The number of carboxylic acids is 1. The van der Waals surface area contributed by atoms with Gasteiger partial charge in [0.25, 0.3) is 0 Å². The molecule has 0 spiro atoms. The maximum absolute atomic E-state index is 10.1. The van der Waals surface area contributed by atoms with E-state index in [2.05, 4.69) is 0 Å². The van der Waals surface area contributed by atoms with Crippen LogP contribution >= 0.6 is 0 Å². The molecule has 1 rings (SSSR count). The van der Waals surface area contributed by atoms with E-state index in [1.807, 2.05) is 0 Å². The third-order valence-corrected chi connectivity index (χ3v) is 1.08. The Morgan fingerprint density at radius 3 is 2.45 bits per heavy atom. The van der Waals surface area contributed by atoms with Crippen molar-refractivity contribution in [3.05, 3.63) is 29.8 Å². The van der Waals surface area contributed by atoms with E-state index in [0.717, 1.165) is 6.07 Å². The fourth-order valence-electron chi connectivity index (χ4n) is 0.633. The number of carbonyl (C=O) groups excluding carboxylic acids is 1. The van der Waals surface area contributed by atoms with Crippen LogP contribution < -0.4 is 34.7 Å². The number of aromatic hydroxyl groups is 1. The van der Waals surface area contributed by atoms with Crippen LogP contribution in [0.4, 0.5) is 0 Å². The molecule has 11 heavy (non-hydrogen) atoms. The van der Waals surface area contributed by atoms with Crippen LogP contribution in [0.3, 0.4) is 0 Å². The molecule has 0 amide bonds. The van der Waals surface area contributed by atoms with Gasteiger partial charge in [0, 0.05) is 5.56 Å². The van der Waals surface area contributed by atoms with E-state index in [0.29, 0.717) is 0 Å². The normalized spacial score (nSPS) is 8.36. The van der Waals surface area contributed by atoms with Crippen LogP contribution in [0.25, 0.3) is 0 Å². The molecule has 0 aliphatic heterocycles. The number of carbonyl (C=O) groups is 1. The number of carboxylic acid groups (broad SMARTS) is 1. The Balaban J connectivity index is 0.000001000. The van der Waals surface area contributed by atoms with Gasteiger partial charge in [-0.3, -0.25) is 0 Å². The first-order valence-corrected chi connectivity index (χ1v) is 2.70. The summed E-state index contributed by atoms with van der Waals surface area (Å²) >= 11 is 0. The predicted octanol–water partition coefficient (Wildman–Crippen LogP) is -3.24. The molecule has 0 saturated carbocycles. The predicted molar refractivity (Wildman–Crippen MR) is 32.4 cm³/mol. The summed E-state index contributed by atoms with van der Waals surface area (Å²) in [5, 5.41) is 18.9. The van der Waals surface area contributed by atoms with Gasteiger partial charge < -0.3 is 15.0 Å². The number of rotatable bonds is 1. The van der Waals surface area contributed by atoms with Crippen molar-refractivity contribution in [3.63, 3.8) is 0 Å². The fourth-order valence-corrected chi connectivity index (χ4v) is 0.633. The fraction of sp³-hybridized carbons (Fsp3) is 0. The first-order valence-electron chi connectivity index (χ1n) is 2.70. The second-order valence-electron chi connectivity index (χ2n) is 1.84. The van der Waals surface area contributed by atoms with E-state index in [1.54, 1.807) is 0 Å². The molecular formula is C7H5NaO3. The van der Waals surface area contributed by atoms with Gasteiger partial charge in [0.1, 0.15) is 5.75 Å². The number of phenolic OH excluding ortho intramolecular Hbond substituents is 1. The van der Waals surface area contributed by atoms with Gasteiger partial charge in [0.05, 0.1) is 5.97 Å². The quantitative estimate of drug-likeness (QED) is 0.439. The molecule has 0 aromatic heterocycles. The molecule has 0 saturated heterocycles. The third-order valence-electron chi connectivity index (χ3n) is 1.08. The smallest absolute Gasteiger partial charge is 0.545 e. The second-order valence-corrected chi connectivity index (χ2v) is 1.84. The minimum absolute atomic E-state index is 0. The SMILES string of the molecule is O=C([O-])c1cccc(O)c1.[Na+]. The van der Waals surface area contributed by atoms with Crippen molar-refractivity contribution in [3.8, 4) is 5.75 Å². The minimum Gasteiger partial charge on any atom is -0.545 e. The molecule has 3 nitrogen and oxygen atoms in total. The van der Waals surface area contributed by atoms with Gasteiger partial charge in [-0.25, -0.2) is 0 Å². The molecule has 0 bridgehead atoms. The van der Waals surface area contributed by atoms with Gasteiger partial charge in [-0.05, 0) is 12.1 Å². The molecule has 0 unspecified atom stereocenters. The standard InChI is InChI=1S/C7H6O3.Na/c8-6-3-1-2-5(4-6)7(9)10;/h1-4,8H,(H,9,10);/q;+1/p-1. The number of aromatic carboxylic acids is 1. The first kappa shape index (κ1) is 10.5. The molecule has 0 radical (unpaired) electrons. The second kappa shape index (κ2) is 4.38. The molecular weight excluding hydrogens is 155 g/mol. The first-order chi connectivity index (χ1) is 4.70. The van der Waals surface area contributed by atoms with Crippen molar-refractivity contribution in [2.24, 2.45) is 0 Å². The molecule has 0 atom stereocenters. The Bertz CT molecular complexity index is 260. The van der Waals surface area contributed by atoms with Gasteiger partial charge in [-0.2, -0.15) is 0 Å². The summed E-state index contributed by atoms with van der Waals surface area (Å²) in [5.74, 6) is -1.35. The Labute approximate surface area is 86.0 Å². The Hall–Kier alpha value is -0.510. The van der Waals surface area contributed by atoms with Crippen LogP contribution in [-0.2, 0) is 0 Å². The Morgan fingerprint density at radius 2 is 2.09 bits per heavy atom. The summed E-state index contributed by atoms with van der Waals surface area (Å²) in [6.45, 7) is 0. The maximum atomic E-state index is 10.1. The van der Waals surface area contributed by atoms with E-state index in [1.165, 1.54) is 18.2 Å². The van der Waals surface area contributed by atoms with Crippen molar-refractivity contribution in [1.29, 1.82) is 0 Å². The van der Waals surface area contributed by atoms with Gasteiger partial charge in [-0.15, -0.1) is 0 Å². The topological polar surface area (TPSA) is 60.4 Å². The van der Waals surface area contributed by atoms with E-state index in [4.69, 9.17) is 5.11 Å². The molecule has 4 heteroatoms. The van der Waals surface area contributed by atoms with Crippen LogP contribution in [0.1, 0.15) is 10.4 Å². The van der Waals surface area contributed by atoms with Crippen molar-refractivity contribution >= 4 is 5.97 Å². The van der Waals surface area contributed by atoms with E-state index >= 15 is 0 Å². The van der Waals surface area contributed by atoms with Crippen molar-refractivity contribution in [1.82, 2.24) is 0 Å². The molecule has 52 valence electrons. The minimum atomic E-state index is -1.28. The zero-order chi connectivity index (χ0) is 7.56. The van der Waals surface area contributed by atoms with Crippen LogP contribution in [0.2, 0.25) is 0 Å². The number of hydrogen-bond donors (Lipinski definition) is 1. The third kappa shape index (κ3) is 2.93. The molecule has 0 aliphatic carbocycles. The largest absolute Gasteiger partial charge is 1.00 e. The summed E-state index contributed by atoms with van der Waals surface area (Å²) in [7, 11) is 0. The average Bonchev–Trinajstić information content (AvgIpc) is 1.88. The molecule has 1 aromatic rings. The number of benzene rings is 1. The molecule has 0 heterocycles. The molecule has 0 aliphatic rings. The van der Waals surface area contributed by atoms with Crippen molar-refractivity contribution < 1.29 is 44.6 Å². The van der Waals surface area contributed by atoms with E-state index in [9.17, 15) is 9.90 Å². The summed E-state index contributed by atoms with van der Waals surface area (Å²) in [4.78, 5) is 10.1. The van der Waals surface area contributed by atoms with Gasteiger partial charge in [0.2, 0.25) is 0 Å². The zero-order valence-electron chi connectivity index (χ0n) is 6.07. The van der Waals surface area contributed by atoms with Crippen molar-refractivity contribution in [2.45, 2.75) is 0 Å². The van der Waals surface area contributed by atoms with Crippen LogP contribution in [-0.4, -0.2) is 11.1 Å². The summed E-state index contributed by atoms with van der Waals surface area (Å²) in [5.41, 5.74) is -0.0139. The molecule has 1 aromatic carbocycles. The summed E-state index contributed by atoms with van der Waals surface area (Å²) in [6.07, 6.45) is 0. The Morgan fingerprint density at radius 1 is 1.45 bits per heavy atom. The van der Waals surface area contributed by atoms with Crippen LogP contribution in [0.15, 0.2) is 24.3 Å². The number of hydrogen-bond acceptors (Lipinski definition) is 3. The zero-order valence-corrected chi connectivity index (χ0v) is 8.07. The van der Waals surface area contributed by atoms with Gasteiger partial charge >= 0.3 is 29.6 Å².